The van der Waals surface area contributed by atoms with Gasteiger partial charge in [-0.1, -0.05) is 47.5 Å². The summed E-state index contributed by atoms with van der Waals surface area (Å²) in [5.74, 6) is 6.62. The minimum Gasteiger partial charge on any atom is -0.300 e. The number of fused-ring (bicyclic) bond motifs is 5. The van der Waals surface area contributed by atoms with Crippen molar-refractivity contribution in [2.75, 3.05) is 0 Å². The molecule has 29 heavy (non-hydrogen) atoms. The van der Waals surface area contributed by atoms with Gasteiger partial charge < -0.3 is 0 Å². The van der Waals surface area contributed by atoms with Gasteiger partial charge >= 0.3 is 0 Å². The van der Waals surface area contributed by atoms with Gasteiger partial charge in [-0.3, -0.25) is 4.79 Å². The maximum absolute atomic E-state index is 12.3. The van der Waals surface area contributed by atoms with E-state index in [4.69, 9.17) is 0 Å². The number of ketones is 1. The Morgan fingerprint density at radius 1 is 0.862 bits per heavy atom. The molecule has 0 aliphatic heterocycles. The Morgan fingerprint density at radius 3 is 2.38 bits per heavy atom. The Bertz CT molecular complexity index is 593. The topological polar surface area (TPSA) is 17.1 Å². The van der Waals surface area contributed by atoms with Gasteiger partial charge in [0.05, 0.1) is 0 Å². The maximum Gasteiger partial charge on any atom is 0.133 e. The molecular formula is C28H48O. The van der Waals surface area contributed by atoms with Crippen molar-refractivity contribution in [1.82, 2.24) is 0 Å². The Balaban J connectivity index is 1.43. The van der Waals surface area contributed by atoms with Crippen LogP contribution < -0.4 is 0 Å². The van der Waals surface area contributed by atoms with Crippen LogP contribution in [0.3, 0.4) is 0 Å². The molecule has 1 heteroatoms. The highest BCUT2D eigenvalue weighted by Crippen LogP contribution is 2.68. The third-order valence-electron chi connectivity index (χ3n) is 10.9. The highest BCUT2D eigenvalue weighted by atomic mass is 16.1. The van der Waals surface area contributed by atoms with Gasteiger partial charge in [-0.25, -0.2) is 0 Å². The van der Waals surface area contributed by atoms with Gasteiger partial charge in [0.2, 0.25) is 0 Å². The maximum atomic E-state index is 12.3. The van der Waals surface area contributed by atoms with Gasteiger partial charge in [0.15, 0.2) is 0 Å². The van der Waals surface area contributed by atoms with E-state index >= 15 is 0 Å². The number of carbonyl (C=O) groups excluding carboxylic acids is 1. The Hall–Kier alpha value is -0.330. The van der Waals surface area contributed by atoms with Crippen molar-refractivity contribution in [2.24, 2.45) is 52.3 Å². The van der Waals surface area contributed by atoms with Crippen molar-refractivity contribution in [2.45, 2.75) is 118 Å². The van der Waals surface area contributed by atoms with Crippen molar-refractivity contribution >= 4 is 5.78 Å². The highest BCUT2D eigenvalue weighted by Gasteiger charge is 2.60. The lowest BCUT2D eigenvalue weighted by Crippen LogP contribution is -2.53. The molecule has 0 aromatic rings. The minimum atomic E-state index is 0.499. The molecule has 8 atom stereocenters. The minimum absolute atomic E-state index is 0.499. The predicted molar refractivity (Wildman–Crippen MR) is 123 cm³/mol. The summed E-state index contributed by atoms with van der Waals surface area (Å²) in [7, 11) is 0. The molecule has 0 heterocycles. The Morgan fingerprint density at radius 2 is 1.62 bits per heavy atom. The molecule has 0 saturated heterocycles. The van der Waals surface area contributed by atoms with Crippen LogP contribution in [0.1, 0.15) is 118 Å². The van der Waals surface area contributed by atoms with Gasteiger partial charge in [0, 0.05) is 12.8 Å². The van der Waals surface area contributed by atoms with Crippen LogP contribution in [-0.2, 0) is 4.79 Å². The van der Waals surface area contributed by atoms with E-state index in [-0.39, 0.29) is 0 Å². The molecule has 4 fully saturated rings. The lowest BCUT2D eigenvalue weighted by atomic mass is 9.44. The van der Waals surface area contributed by atoms with E-state index < -0.39 is 0 Å². The molecule has 0 N–H and O–H groups in total. The normalized spacial score (nSPS) is 45.4. The van der Waals surface area contributed by atoms with Crippen LogP contribution in [-0.4, -0.2) is 5.78 Å². The number of hydrogen-bond acceptors (Lipinski definition) is 1. The number of carbonyl (C=O) groups is 1. The zero-order valence-corrected chi connectivity index (χ0v) is 20.1. The second-order valence-electron chi connectivity index (χ2n) is 12.8. The van der Waals surface area contributed by atoms with Gasteiger partial charge in [0.25, 0.3) is 0 Å². The lowest BCUT2D eigenvalue weighted by Gasteiger charge is -2.61. The van der Waals surface area contributed by atoms with Crippen LogP contribution in [0.15, 0.2) is 0 Å². The molecule has 4 saturated carbocycles. The van der Waals surface area contributed by atoms with Crippen LogP contribution in [0.5, 0.6) is 0 Å². The van der Waals surface area contributed by atoms with E-state index in [1.807, 2.05) is 0 Å². The number of Topliss-reactive ketones (excluding diaryl/α,β-unsaturated/α-hetero) is 1. The Kier molecular flexibility index (Phi) is 6.27. The first kappa shape index (κ1) is 21.9. The summed E-state index contributed by atoms with van der Waals surface area (Å²) in [4.78, 5) is 12.3. The quantitative estimate of drug-likeness (QED) is 0.440. The van der Waals surface area contributed by atoms with Gasteiger partial charge in [-0.05, 0) is 110 Å². The third kappa shape index (κ3) is 3.87. The van der Waals surface area contributed by atoms with E-state index in [0.717, 1.165) is 54.8 Å². The summed E-state index contributed by atoms with van der Waals surface area (Å²) in [6.45, 7) is 12.2. The summed E-state index contributed by atoms with van der Waals surface area (Å²) < 4.78 is 0. The van der Waals surface area contributed by atoms with Crippen molar-refractivity contribution in [3.63, 3.8) is 0 Å². The van der Waals surface area contributed by atoms with Gasteiger partial charge in [0.1, 0.15) is 5.78 Å². The van der Waals surface area contributed by atoms with Crippen LogP contribution >= 0.6 is 0 Å². The monoisotopic (exact) mass is 400 g/mol. The fraction of sp³-hybridized carbons (Fsp3) is 0.964. The van der Waals surface area contributed by atoms with Crippen molar-refractivity contribution in [3.05, 3.63) is 0 Å². The summed E-state index contributed by atoms with van der Waals surface area (Å²) in [5.41, 5.74) is 1.22. The summed E-state index contributed by atoms with van der Waals surface area (Å²) in [6.07, 6.45) is 17.7. The van der Waals surface area contributed by atoms with E-state index in [2.05, 4.69) is 34.6 Å². The first-order valence-electron chi connectivity index (χ1n) is 13.3. The molecule has 0 bridgehead atoms. The molecule has 1 nitrogen and oxygen atoms in total. The molecular weight excluding hydrogens is 352 g/mol. The second kappa shape index (κ2) is 8.31. The molecule has 4 aliphatic rings. The van der Waals surface area contributed by atoms with Crippen LogP contribution in [0.25, 0.3) is 0 Å². The first-order valence-corrected chi connectivity index (χ1v) is 13.3. The molecule has 0 aromatic carbocycles. The first-order chi connectivity index (χ1) is 13.8. The average molecular weight is 401 g/mol. The van der Waals surface area contributed by atoms with E-state index in [9.17, 15) is 4.79 Å². The van der Waals surface area contributed by atoms with Crippen molar-refractivity contribution in [1.29, 1.82) is 0 Å². The molecule has 4 aliphatic carbocycles. The van der Waals surface area contributed by atoms with Gasteiger partial charge in [-0.2, -0.15) is 0 Å². The summed E-state index contributed by atoms with van der Waals surface area (Å²) in [5, 5.41) is 0. The van der Waals surface area contributed by atoms with Gasteiger partial charge in [-0.15, -0.1) is 0 Å². The second-order valence-corrected chi connectivity index (χ2v) is 12.8. The van der Waals surface area contributed by atoms with E-state index in [0.29, 0.717) is 22.5 Å². The fourth-order valence-corrected chi connectivity index (χ4v) is 9.42. The zero-order valence-electron chi connectivity index (χ0n) is 20.1. The summed E-state index contributed by atoms with van der Waals surface area (Å²) in [6, 6.07) is 0. The molecule has 0 amide bonds. The largest absolute Gasteiger partial charge is 0.300 e. The standard InChI is InChI=1S/C28H48O/c1-19(2)18-22(29)11-9-20(3)24-13-14-25-23-12-10-21-8-6-7-16-27(21,4)26(23)15-17-28(24,25)5/h19-21,23-26H,6-18H2,1-5H3/t20-,21+,23+,24-,25+,26+,27+,28-/m1/s1. The molecule has 0 unspecified atom stereocenters. The van der Waals surface area contributed by atoms with Crippen molar-refractivity contribution in [3.8, 4) is 0 Å². The fourth-order valence-electron chi connectivity index (χ4n) is 9.42. The average Bonchev–Trinajstić information content (AvgIpc) is 3.02. The smallest absolute Gasteiger partial charge is 0.133 e. The lowest BCUT2D eigenvalue weighted by molar-refractivity contribution is -0.121. The molecule has 0 aromatic heterocycles. The molecule has 4 rings (SSSR count). The number of hydrogen-bond donors (Lipinski definition) is 0. The molecule has 0 radical (unpaired) electrons. The number of rotatable bonds is 6. The third-order valence-corrected chi connectivity index (χ3v) is 10.9. The Labute approximate surface area is 181 Å². The highest BCUT2D eigenvalue weighted by molar-refractivity contribution is 5.78. The SMILES string of the molecule is CC(C)CC(=O)CC[C@@H](C)[C@H]1CC[C@H]2[C@@H]3CC[C@@H]4CCCC[C@]4(C)[C@H]3CC[C@]12C. The molecule has 166 valence electrons. The van der Waals surface area contributed by atoms with Crippen molar-refractivity contribution < 1.29 is 4.79 Å². The van der Waals surface area contributed by atoms with Crippen LogP contribution in [0.4, 0.5) is 0 Å². The predicted octanol–water partition coefficient (Wildman–Crippen LogP) is 8.07. The van der Waals surface area contributed by atoms with E-state index in [1.165, 1.54) is 64.2 Å². The van der Waals surface area contributed by atoms with Crippen LogP contribution in [0, 0.1) is 52.3 Å². The zero-order chi connectivity index (χ0) is 20.8. The van der Waals surface area contributed by atoms with E-state index in [1.54, 1.807) is 0 Å². The van der Waals surface area contributed by atoms with Crippen LogP contribution in [0.2, 0.25) is 0 Å². The summed E-state index contributed by atoms with van der Waals surface area (Å²) >= 11 is 0. The molecule has 0 spiro atoms.